The van der Waals surface area contributed by atoms with Gasteiger partial charge in [0, 0.05) is 4.47 Å². The highest BCUT2D eigenvalue weighted by Gasteiger charge is 2.04. The van der Waals surface area contributed by atoms with Gasteiger partial charge in [-0.15, -0.1) is 0 Å². The smallest absolute Gasteiger partial charge is 0.166 e. The minimum Gasteiger partial charge on any atom is -0.454 e. The Morgan fingerprint density at radius 2 is 1.75 bits per heavy atom. The van der Waals surface area contributed by atoms with Crippen molar-refractivity contribution in [2.75, 3.05) is 0 Å². The van der Waals surface area contributed by atoms with E-state index in [1.54, 1.807) is 12.1 Å². The molecule has 2 aromatic rings. The van der Waals surface area contributed by atoms with Gasteiger partial charge in [-0.3, -0.25) is 0 Å². The first-order valence-corrected chi connectivity index (χ1v) is 5.64. The standard InChI is InChI=1S/C13H10BrFO/c1-9-2-5-11(6-3-9)16-13-7-4-10(14)8-12(13)15/h2-8H,1H3. The van der Waals surface area contributed by atoms with Gasteiger partial charge in [0.2, 0.25) is 0 Å². The minimum absolute atomic E-state index is 0.229. The van der Waals surface area contributed by atoms with Gasteiger partial charge in [0.25, 0.3) is 0 Å². The summed E-state index contributed by atoms with van der Waals surface area (Å²) >= 11 is 3.20. The fourth-order valence-electron chi connectivity index (χ4n) is 1.29. The molecule has 0 heterocycles. The molecule has 0 amide bonds. The Bertz CT molecular complexity index is 494. The summed E-state index contributed by atoms with van der Waals surface area (Å²) in [6, 6.07) is 12.2. The molecule has 2 aromatic carbocycles. The van der Waals surface area contributed by atoms with E-state index in [0.717, 1.165) is 5.56 Å². The van der Waals surface area contributed by atoms with Gasteiger partial charge in [0.1, 0.15) is 5.75 Å². The Kier molecular flexibility index (Phi) is 3.25. The molecule has 16 heavy (non-hydrogen) atoms. The first-order valence-electron chi connectivity index (χ1n) is 4.85. The number of aryl methyl sites for hydroxylation is 1. The molecular weight excluding hydrogens is 271 g/mol. The summed E-state index contributed by atoms with van der Waals surface area (Å²) in [5, 5.41) is 0. The van der Waals surface area contributed by atoms with Gasteiger partial charge < -0.3 is 4.74 Å². The van der Waals surface area contributed by atoms with E-state index in [9.17, 15) is 4.39 Å². The van der Waals surface area contributed by atoms with E-state index >= 15 is 0 Å². The molecule has 2 rings (SSSR count). The lowest BCUT2D eigenvalue weighted by Gasteiger charge is -2.07. The van der Waals surface area contributed by atoms with E-state index in [1.807, 2.05) is 31.2 Å². The molecule has 0 aliphatic carbocycles. The zero-order valence-corrected chi connectivity index (χ0v) is 10.3. The fraction of sp³-hybridized carbons (Fsp3) is 0.0769. The van der Waals surface area contributed by atoms with Crippen LogP contribution < -0.4 is 4.74 Å². The van der Waals surface area contributed by atoms with E-state index in [2.05, 4.69) is 15.9 Å². The third-order valence-corrected chi connectivity index (χ3v) is 2.64. The maximum Gasteiger partial charge on any atom is 0.166 e. The van der Waals surface area contributed by atoms with Crippen LogP contribution in [-0.4, -0.2) is 0 Å². The molecule has 0 saturated carbocycles. The summed E-state index contributed by atoms with van der Waals surface area (Å²) in [6.45, 7) is 1.99. The molecule has 0 saturated heterocycles. The first-order chi connectivity index (χ1) is 7.65. The molecule has 0 radical (unpaired) electrons. The van der Waals surface area contributed by atoms with Gasteiger partial charge in [0.05, 0.1) is 0 Å². The van der Waals surface area contributed by atoms with Gasteiger partial charge in [-0.05, 0) is 37.3 Å². The summed E-state index contributed by atoms with van der Waals surface area (Å²) in [4.78, 5) is 0. The molecule has 0 aromatic heterocycles. The van der Waals surface area contributed by atoms with Crippen molar-refractivity contribution in [1.29, 1.82) is 0 Å². The van der Waals surface area contributed by atoms with E-state index in [4.69, 9.17) is 4.74 Å². The molecule has 0 unspecified atom stereocenters. The van der Waals surface area contributed by atoms with Crippen molar-refractivity contribution in [3.8, 4) is 11.5 Å². The Morgan fingerprint density at radius 3 is 2.38 bits per heavy atom. The Hall–Kier alpha value is -1.35. The predicted molar refractivity (Wildman–Crippen MR) is 65.4 cm³/mol. The monoisotopic (exact) mass is 280 g/mol. The molecule has 0 N–H and O–H groups in total. The molecule has 0 atom stereocenters. The molecule has 0 aliphatic heterocycles. The highest BCUT2D eigenvalue weighted by molar-refractivity contribution is 9.10. The lowest BCUT2D eigenvalue weighted by molar-refractivity contribution is 0.442. The molecule has 3 heteroatoms. The lowest BCUT2D eigenvalue weighted by atomic mass is 10.2. The largest absolute Gasteiger partial charge is 0.454 e. The van der Waals surface area contributed by atoms with Crippen molar-refractivity contribution in [3.05, 3.63) is 58.3 Å². The van der Waals surface area contributed by atoms with Crippen LogP contribution in [0.1, 0.15) is 5.56 Å². The Balaban J connectivity index is 2.23. The summed E-state index contributed by atoms with van der Waals surface area (Å²) in [7, 11) is 0. The topological polar surface area (TPSA) is 9.23 Å². The van der Waals surface area contributed by atoms with Crippen LogP contribution in [0.5, 0.6) is 11.5 Å². The van der Waals surface area contributed by atoms with Crippen LogP contribution >= 0.6 is 15.9 Å². The Morgan fingerprint density at radius 1 is 1.06 bits per heavy atom. The molecule has 0 aliphatic rings. The van der Waals surface area contributed by atoms with Gasteiger partial charge in [-0.25, -0.2) is 4.39 Å². The minimum atomic E-state index is -0.380. The van der Waals surface area contributed by atoms with Crippen LogP contribution in [0, 0.1) is 12.7 Å². The van der Waals surface area contributed by atoms with Crippen LogP contribution in [0.3, 0.4) is 0 Å². The van der Waals surface area contributed by atoms with Crippen molar-refractivity contribution in [1.82, 2.24) is 0 Å². The van der Waals surface area contributed by atoms with Gasteiger partial charge in [-0.1, -0.05) is 33.6 Å². The summed E-state index contributed by atoms with van der Waals surface area (Å²) in [5.41, 5.74) is 1.14. The van der Waals surface area contributed by atoms with E-state index < -0.39 is 0 Å². The second-order valence-corrected chi connectivity index (χ2v) is 4.41. The maximum absolute atomic E-state index is 13.5. The third-order valence-electron chi connectivity index (χ3n) is 2.14. The van der Waals surface area contributed by atoms with Crippen molar-refractivity contribution < 1.29 is 9.13 Å². The summed E-state index contributed by atoms with van der Waals surface area (Å²) < 4.78 is 19.6. The average Bonchev–Trinajstić information content (AvgIpc) is 2.25. The molecular formula is C13H10BrFO. The first kappa shape index (κ1) is 11.1. The van der Waals surface area contributed by atoms with E-state index in [1.165, 1.54) is 6.07 Å². The second-order valence-electron chi connectivity index (χ2n) is 3.49. The number of halogens is 2. The average molecular weight is 281 g/mol. The number of hydrogen-bond acceptors (Lipinski definition) is 1. The summed E-state index contributed by atoms with van der Waals surface area (Å²) in [6.07, 6.45) is 0. The van der Waals surface area contributed by atoms with Crippen LogP contribution in [0.15, 0.2) is 46.9 Å². The number of ether oxygens (including phenoxy) is 1. The van der Waals surface area contributed by atoms with Crippen molar-refractivity contribution >= 4 is 15.9 Å². The van der Waals surface area contributed by atoms with Gasteiger partial charge in [0.15, 0.2) is 11.6 Å². The number of rotatable bonds is 2. The quantitative estimate of drug-likeness (QED) is 0.776. The summed E-state index contributed by atoms with van der Waals surface area (Å²) in [5.74, 6) is 0.480. The molecule has 0 spiro atoms. The third kappa shape index (κ3) is 2.61. The van der Waals surface area contributed by atoms with Gasteiger partial charge in [-0.2, -0.15) is 0 Å². The zero-order valence-electron chi connectivity index (χ0n) is 8.71. The molecule has 82 valence electrons. The van der Waals surface area contributed by atoms with Gasteiger partial charge >= 0.3 is 0 Å². The van der Waals surface area contributed by atoms with Crippen LogP contribution in [0.25, 0.3) is 0 Å². The molecule has 0 bridgehead atoms. The van der Waals surface area contributed by atoms with E-state index in [0.29, 0.717) is 10.2 Å². The van der Waals surface area contributed by atoms with Crippen LogP contribution in [-0.2, 0) is 0 Å². The zero-order chi connectivity index (χ0) is 11.5. The maximum atomic E-state index is 13.5. The second kappa shape index (κ2) is 4.66. The normalized spacial score (nSPS) is 10.2. The predicted octanol–water partition coefficient (Wildman–Crippen LogP) is 4.69. The SMILES string of the molecule is Cc1ccc(Oc2ccc(Br)cc2F)cc1. The lowest BCUT2D eigenvalue weighted by Crippen LogP contribution is -1.88. The molecule has 1 nitrogen and oxygen atoms in total. The van der Waals surface area contributed by atoms with Crippen LogP contribution in [0.4, 0.5) is 4.39 Å². The highest BCUT2D eigenvalue weighted by atomic mass is 79.9. The highest BCUT2D eigenvalue weighted by Crippen LogP contribution is 2.26. The van der Waals surface area contributed by atoms with Crippen LogP contribution in [0.2, 0.25) is 0 Å². The van der Waals surface area contributed by atoms with Crippen molar-refractivity contribution in [2.45, 2.75) is 6.92 Å². The van der Waals surface area contributed by atoms with Crippen molar-refractivity contribution in [3.63, 3.8) is 0 Å². The number of benzene rings is 2. The number of hydrogen-bond donors (Lipinski definition) is 0. The Labute approximate surface area is 102 Å². The van der Waals surface area contributed by atoms with E-state index in [-0.39, 0.29) is 11.6 Å². The van der Waals surface area contributed by atoms with Crippen molar-refractivity contribution in [2.24, 2.45) is 0 Å². The fourth-order valence-corrected chi connectivity index (χ4v) is 1.62. The molecule has 0 fully saturated rings.